The van der Waals surface area contributed by atoms with E-state index in [9.17, 15) is 4.79 Å². The molecule has 0 aliphatic heterocycles. The number of nitrogens with one attached hydrogen (secondary N) is 2. The van der Waals surface area contributed by atoms with Crippen LogP contribution in [0.1, 0.15) is 5.82 Å². The number of carbonyl (C=O) groups excluding carboxylic acids is 1. The van der Waals surface area contributed by atoms with Crippen LogP contribution in [0.4, 0.5) is 5.69 Å². The fraction of sp³-hybridized carbons (Fsp3) is 0.167. The third-order valence-electron chi connectivity index (χ3n) is 3.44. The number of aromatic nitrogens is 3. The van der Waals surface area contributed by atoms with Gasteiger partial charge in [-0.3, -0.25) is 9.89 Å². The lowest BCUT2D eigenvalue weighted by molar-refractivity contribution is -0.113. The standard InChI is InChI=1S/C18H18N4O2S/c1-12-19-18(22-21-12)13-6-8-14(9-7-13)20-17(23)11-25-16-5-3-4-15(10-16)24-2/h3-10H,11H2,1-2H3,(H,20,23)(H,19,21,22). The van der Waals surface area contributed by atoms with Crippen molar-refractivity contribution >= 4 is 23.4 Å². The van der Waals surface area contributed by atoms with Crippen molar-refractivity contribution in [3.05, 3.63) is 54.4 Å². The van der Waals surface area contributed by atoms with E-state index in [4.69, 9.17) is 4.74 Å². The van der Waals surface area contributed by atoms with E-state index in [0.29, 0.717) is 11.6 Å². The van der Waals surface area contributed by atoms with Crippen LogP contribution >= 0.6 is 11.8 Å². The van der Waals surface area contributed by atoms with E-state index in [1.54, 1.807) is 7.11 Å². The van der Waals surface area contributed by atoms with Gasteiger partial charge in [0.15, 0.2) is 5.82 Å². The number of methoxy groups -OCH3 is 1. The first-order valence-electron chi connectivity index (χ1n) is 7.70. The summed E-state index contributed by atoms with van der Waals surface area (Å²) in [6.45, 7) is 1.85. The van der Waals surface area contributed by atoms with E-state index >= 15 is 0 Å². The van der Waals surface area contributed by atoms with Gasteiger partial charge < -0.3 is 10.1 Å². The molecular weight excluding hydrogens is 336 g/mol. The summed E-state index contributed by atoms with van der Waals surface area (Å²) in [6.07, 6.45) is 0. The molecule has 0 aliphatic carbocycles. The van der Waals surface area contributed by atoms with Crippen LogP contribution in [0, 0.1) is 6.92 Å². The van der Waals surface area contributed by atoms with E-state index in [-0.39, 0.29) is 5.91 Å². The first kappa shape index (κ1) is 17.0. The van der Waals surface area contributed by atoms with Crippen molar-refractivity contribution in [3.8, 4) is 17.1 Å². The molecule has 0 saturated heterocycles. The molecule has 1 heterocycles. The molecule has 3 aromatic rings. The van der Waals surface area contributed by atoms with E-state index in [0.717, 1.165) is 27.7 Å². The second-order valence-corrected chi connectivity index (χ2v) is 6.39. The van der Waals surface area contributed by atoms with Crippen molar-refractivity contribution in [3.63, 3.8) is 0 Å². The van der Waals surface area contributed by atoms with Gasteiger partial charge in [-0.2, -0.15) is 5.10 Å². The number of carbonyl (C=O) groups is 1. The predicted octanol–water partition coefficient (Wildman–Crippen LogP) is 3.52. The zero-order chi connectivity index (χ0) is 17.6. The average molecular weight is 354 g/mol. The zero-order valence-corrected chi connectivity index (χ0v) is 14.8. The summed E-state index contributed by atoms with van der Waals surface area (Å²) in [5.74, 6) is 2.46. The van der Waals surface area contributed by atoms with Gasteiger partial charge in [-0.15, -0.1) is 11.8 Å². The Morgan fingerprint density at radius 2 is 2.04 bits per heavy atom. The number of anilines is 1. The van der Waals surface area contributed by atoms with E-state index < -0.39 is 0 Å². The minimum atomic E-state index is -0.0608. The van der Waals surface area contributed by atoms with Gasteiger partial charge in [0.25, 0.3) is 0 Å². The fourth-order valence-corrected chi connectivity index (χ4v) is 2.96. The number of thioether (sulfide) groups is 1. The molecule has 25 heavy (non-hydrogen) atoms. The molecule has 0 radical (unpaired) electrons. The Hall–Kier alpha value is -2.80. The van der Waals surface area contributed by atoms with Crippen LogP contribution in [-0.4, -0.2) is 34.0 Å². The van der Waals surface area contributed by atoms with E-state index in [1.165, 1.54) is 11.8 Å². The summed E-state index contributed by atoms with van der Waals surface area (Å²) in [4.78, 5) is 17.4. The molecular formula is C18H18N4O2S. The minimum absolute atomic E-state index is 0.0608. The van der Waals surface area contributed by atoms with Crippen LogP contribution in [0.15, 0.2) is 53.4 Å². The lowest BCUT2D eigenvalue weighted by Crippen LogP contribution is -2.13. The van der Waals surface area contributed by atoms with Gasteiger partial charge in [-0.25, -0.2) is 4.98 Å². The predicted molar refractivity (Wildman–Crippen MR) is 98.9 cm³/mol. The van der Waals surface area contributed by atoms with Gasteiger partial charge in [0, 0.05) is 16.1 Å². The molecule has 0 fully saturated rings. The highest BCUT2D eigenvalue weighted by molar-refractivity contribution is 8.00. The summed E-state index contributed by atoms with van der Waals surface area (Å²) in [7, 11) is 1.62. The van der Waals surface area contributed by atoms with Crippen LogP contribution in [0.2, 0.25) is 0 Å². The minimum Gasteiger partial charge on any atom is -0.497 e. The summed E-state index contributed by atoms with van der Waals surface area (Å²) in [5, 5.41) is 9.81. The van der Waals surface area contributed by atoms with E-state index in [1.807, 2.05) is 55.5 Å². The van der Waals surface area contributed by atoms with Crippen molar-refractivity contribution in [2.45, 2.75) is 11.8 Å². The van der Waals surface area contributed by atoms with Gasteiger partial charge >= 0.3 is 0 Å². The second kappa shape index (κ2) is 7.85. The highest BCUT2D eigenvalue weighted by Gasteiger charge is 2.07. The Kier molecular flexibility index (Phi) is 5.35. The Balaban J connectivity index is 1.55. The van der Waals surface area contributed by atoms with Crippen molar-refractivity contribution in [1.82, 2.24) is 15.2 Å². The molecule has 0 spiro atoms. The maximum atomic E-state index is 12.1. The van der Waals surface area contributed by atoms with Crippen molar-refractivity contribution in [1.29, 1.82) is 0 Å². The topological polar surface area (TPSA) is 79.9 Å². The van der Waals surface area contributed by atoms with Gasteiger partial charge in [0.2, 0.25) is 5.91 Å². The van der Waals surface area contributed by atoms with Crippen LogP contribution in [-0.2, 0) is 4.79 Å². The third-order valence-corrected chi connectivity index (χ3v) is 4.43. The molecule has 2 aromatic carbocycles. The molecule has 0 saturated carbocycles. The molecule has 0 atom stereocenters. The molecule has 128 valence electrons. The summed E-state index contributed by atoms with van der Waals surface area (Å²) >= 11 is 1.46. The molecule has 6 nitrogen and oxygen atoms in total. The number of rotatable bonds is 6. The Labute approximate surface area is 150 Å². The quantitative estimate of drug-likeness (QED) is 0.662. The highest BCUT2D eigenvalue weighted by Crippen LogP contribution is 2.23. The van der Waals surface area contributed by atoms with Gasteiger partial charge in [0.1, 0.15) is 11.6 Å². The van der Waals surface area contributed by atoms with Crippen molar-refractivity contribution < 1.29 is 9.53 Å². The monoisotopic (exact) mass is 354 g/mol. The third kappa shape index (κ3) is 4.60. The lowest BCUT2D eigenvalue weighted by Gasteiger charge is -2.07. The molecule has 1 amide bonds. The van der Waals surface area contributed by atoms with Crippen LogP contribution in [0.3, 0.4) is 0 Å². The molecule has 0 aliphatic rings. The largest absolute Gasteiger partial charge is 0.497 e. The number of hydrogen-bond acceptors (Lipinski definition) is 5. The summed E-state index contributed by atoms with van der Waals surface area (Å²) in [5.41, 5.74) is 1.64. The molecule has 7 heteroatoms. The van der Waals surface area contributed by atoms with Gasteiger partial charge in [0.05, 0.1) is 12.9 Å². The van der Waals surface area contributed by atoms with Crippen LogP contribution < -0.4 is 10.1 Å². The Bertz CT molecular complexity index is 862. The molecule has 1 aromatic heterocycles. The number of aryl methyl sites for hydroxylation is 1. The number of nitrogens with zero attached hydrogens (tertiary/aromatic N) is 2. The van der Waals surface area contributed by atoms with Crippen molar-refractivity contribution in [2.75, 3.05) is 18.2 Å². The fourth-order valence-electron chi connectivity index (χ4n) is 2.21. The maximum Gasteiger partial charge on any atom is 0.234 e. The van der Waals surface area contributed by atoms with Crippen molar-refractivity contribution in [2.24, 2.45) is 0 Å². The normalized spacial score (nSPS) is 10.5. The van der Waals surface area contributed by atoms with Crippen LogP contribution in [0.25, 0.3) is 11.4 Å². The molecule has 0 unspecified atom stereocenters. The number of amides is 1. The number of ether oxygens (including phenoxy) is 1. The second-order valence-electron chi connectivity index (χ2n) is 5.34. The summed E-state index contributed by atoms with van der Waals surface area (Å²) < 4.78 is 5.18. The summed E-state index contributed by atoms with van der Waals surface area (Å²) in [6, 6.07) is 15.1. The Morgan fingerprint density at radius 3 is 2.72 bits per heavy atom. The number of hydrogen-bond donors (Lipinski definition) is 2. The average Bonchev–Trinajstić information content (AvgIpc) is 3.07. The zero-order valence-electron chi connectivity index (χ0n) is 13.9. The number of benzene rings is 2. The van der Waals surface area contributed by atoms with E-state index in [2.05, 4.69) is 20.5 Å². The molecule has 2 N–H and O–H groups in total. The smallest absolute Gasteiger partial charge is 0.234 e. The molecule has 3 rings (SSSR count). The number of aromatic amines is 1. The Morgan fingerprint density at radius 1 is 1.24 bits per heavy atom. The first-order valence-corrected chi connectivity index (χ1v) is 8.69. The van der Waals surface area contributed by atoms with Gasteiger partial charge in [-0.1, -0.05) is 6.07 Å². The molecule has 0 bridgehead atoms. The van der Waals surface area contributed by atoms with Crippen LogP contribution in [0.5, 0.6) is 5.75 Å². The van der Waals surface area contributed by atoms with Gasteiger partial charge in [-0.05, 0) is 49.4 Å². The highest BCUT2D eigenvalue weighted by atomic mass is 32.2. The maximum absolute atomic E-state index is 12.1. The lowest BCUT2D eigenvalue weighted by atomic mass is 10.2. The number of H-pyrrole nitrogens is 1. The SMILES string of the molecule is COc1cccc(SCC(=O)Nc2ccc(-c3n[nH]c(C)n3)cc2)c1. The first-order chi connectivity index (χ1) is 12.1.